The van der Waals surface area contributed by atoms with Crippen molar-refractivity contribution in [2.45, 2.75) is 6.92 Å². The van der Waals surface area contributed by atoms with Crippen LogP contribution in [0.4, 0.5) is 5.69 Å². The standard InChI is InChI=1S/C13H16N2OS/c1-3-4-5-10-14-13(17)15-11-6-8-12(16-2)9-7-11/h3-10H,1-2H3,(H2,14,15,17). The van der Waals surface area contributed by atoms with Gasteiger partial charge in [-0.05, 0) is 49.5 Å². The summed E-state index contributed by atoms with van der Waals surface area (Å²) in [7, 11) is 1.64. The zero-order chi connectivity index (χ0) is 12.5. The van der Waals surface area contributed by atoms with Crippen molar-refractivity contribution >= 4 is 23.0 Å². The SMILES string of the molecule is CC=CC=CNC(=S)Nc1ccc(OC)cc1. The smallest absolute Gasteiger partial charge is 0.174 e. The Hall–Kier alpha value is -1.81. The Morgan fingerprint density at radius 1 is 1.24 bits per heavy atom. The van der Waals surface area contributed by atoms with Crippen molar-refractivity contribution in [1.29, 1.82) is 0 Å². The molecule has 0 saturated carbocycles. The summed E-state index contributed by atoms with van der Waals surface area (Å²) in [6.07, 6.45) is 7.52. The van der Waals surface area contributed by atoms with Gasteiger partial charge in [0.2, 0.25) is 0 Å². The first kappa shape index (κ1) is 13.3. The number of thiocarbonyl (C=S) groups is 1. The lowest BCUT2D eigenvalue weighted by Crippen LogP contribution is -2.23. The largest absolute Gasteiger partial charge is 0.497 e. The van der Waals surface area contributed by atoms with Crippen LogP contribution in [-0.4, -0.2) is 12.2 Å². The number of hydrogen-bond donors (Lipinski definition) is 2. The number of methoxy groups -OCH3 is 1. The minimum Gasteiger partial charge on any atom is -0.497 e. The average Bonchev–Trinajstić information content (AvgIpc) is 2.36. The van der Waals surface area contributed by atoms with Gasteiger partial charge in [0.05, 0.1) is 7.11 Å². The first-order chi connectivity index (χ1) is 8.26. The van der Waals surface area contributed by atoms with Gasteiger partial charge in [-0.1, -0.05) is 12.2 Å². The molecule has 4 heteroatoms. The second kappa shape index (κ2) is 7.46. The van der Waals surface area contributed by atoms with Gasteiger partial charge in [-0.3, -0.25) is 0 Å². The number of anilines is 1. The van der Waals surface area contributed by atoms with Crippen LogP contribution in [0.25, 0.3) is 0 Å². The van der Waals surface area contributed by atoms with Crippen molar-refractivity contribution in [3.8, 4) is 5.75 Å². The van der Waals surface area contributed by atoms with Gasteiger partial charge in [-0.15, -0.1) is 0 Å². The maximum Gasteiger partial charge on any atom is 0.174 e. The minimum atomic E-state index is 0.552. The molecule has 0 aliphatic rings. The van der Waals surface area contributed by atoms with E-state index in [2.05, 4.69) is 10.6 Å². The predicted octanol–water partition coefficient (Wildman–Crippen LogP) is 3.07. The molecular weight excluding hydrogens is 232 g/mol. The quantitative estimate of drug-likeness (QED) is 0.634. The highest BCUT2D eigenvalue weighted by Crippen LogP contribution is 2.14. The molecule has 0 unspecified atom stereocenters. The van der Waals surface area contributed by atoms with Crippen molar-refractivity contribution in [2.24, 2.45) is 0 Å². The maximum atomic E-state index is 5.12. The normalized spacial score (nSPS) is 10.7. The van der Waals surface area contributed by atoms with E-state index in [-0.39, 0.29) is 0 Å². The van der Waals surface area contributed by atoms with Crippen LogP contribution in [0.5, 0.6) is 5.75 Å². The highest BCUT2D eigenvalue weighted by atomic mass is 32.1. The van der Waals surface area contributed by atoms with Crippen molar-refractivity contribution in [2.75, 3.05) is 12.4 Å². The topological polar surface area (TPSA) is 33.3 Å². The number of allylic oxidation sites excluding steroid dienone is 3. The van der Waals surface area contributed by atoms with E-state index >= 15 is 0 Å². The first-order valence-corrected chi connectivity index (χ1v) is 5.66. The van der Waals surface area contributed by atoms with Gasteiger partial charge in [0.15, 0.2) is 5.11 Å². The van der Waals surface area contributed by atoms with Gasteiger partial charge >= 0.3 is 0 Å². The van der Waals surface area contributed by atoms with E-state index in [4.69, 9.17) is 17.0 Å². The van der Waals surface area contributed by atoms with E-state index in [9.17, 15) is 0 Å². The first-order valence-electron chi connectivity index (χ1n) is 5.25. The zero-order valence-electron chi connectivity index (χ0n) is 9.94. The van der Waals surface area contributed by atoms with Crippen molar-refractivity contribution in [3.63, 3.8) is 0 Å². The van der Waals surface area contributed by atoms with Crippen molar-refractivity contribution in [3.05, 3.63) is 48.7 Å². The second-order valence-electron chi connectivity index (χ2n) is 3.21. The lowest BCUT2D eigenvalue weighted by molar-refractivity contribution is 0.415. The summed E-state index contributed by atoms with van der Waals surface area (Å²) in [6, 6.07) is 7.56. The molecule has 0 fully saturated rings. The van der Waals surface area contributed by atoms with Crippen LogP contribution < -0.4 is 15.4 Å². The third kappa shape index (κ3) is 5.17. The number of rotatable bonds is 4. The summed E-state index contributed by atoms with van der Waals surface area (Å²) in [5.74, 6) is 0.822. The van der Waals surface area contributed by atoms with Gasteiger partial charge < -0.3 is 15.4 Å². The maximum absolute atomic E-state index is 5.12. The fraction of sp³-hybridized carbons (Fsp3) is 0.154. The van der Waals surface area contributed by atoms with Gasteiger partial charge in [-0.2, -0.15) is 0 Å². The summed E-state index contributed by atoms with van der Waals surface area (Å²) in [5, 5.41) is 6.56. The van der Waals surface area contributed by atoms with E-state index in [1.165, 1.54) is 0 Å². The molecule has 3 nitrogen and oxygen atoms in total. The molecule has 1 rings (SSSR count). The zero-order valence-corrected chi connectivity index (χ0v) is 10.8. The Labute approximate surface area is 107 Å². The molecule has 0 spiro atoms. The molecule has 2 N–H and O–H groups in total. The molecule has 0 radical (unpaired) electrons. The Bertz CT molecular complexity index is 410. The number of hydrogen-bond acceptors (Lipinski definition) is 2. The highest BCUT2D eigenvalue weighted by Gasteiger charge is 1.95. The fourth-order valence-corrected chi connectivity index (χ4v) is 1.32. The Morgan fingerprint density at radius 2 is 1.94 bits per heavy atom. The molecule has 0 aliphatic carbocycles. The van der Waals surface area contributed by atoms with E-state index in [0.717, 1.165) is 11.4 Å². The summed E-state index contributed by atoms with van der Waals surface area (Å²) in [6.45, 7) is 1.96. The van der Waals surface area contributed by atoms with E-state index < -0.39 is 0 Å². The summed E-state index contributed by atoms with van der Waals surface area (Å²) < 4.78 is 5.07. The molecule has 90 valence electrons. The Balaban J connectivity index is 2.44. The summed E-state index contributed by atoms with van der Waals surface area (Å²) in [4.78, 5) is 0. The second-order valence-corrected chi connectivity index (χ2v) is 3.62. The number of ether oxygens (including phenoxy) is 1. The molecule has 0 aliphatic heterocycles. The van der Waals surface area contributed by atoms with Crippen LogP contribution in [-0.2, 0) is 0 Å². The average molecular weight is 248 g/mol. The Kier molecular flexibility index (Phi) is 5.82. The van der Waals surface area contributed by atoms with Gasteiger partial charge in [0, 0.05) is 11.9 Å². The lowest BCUT2D eigenvalue weighted by Gasteiger charge is -2.07. The van der Waals surface area contributed by atoms with Crippen molar-refractivity contribution < 1.29 is 4.74 Å². The molecule has 0 saturated heterocycles. The van der Waals surface area contributed by atoms with Crippen LogP contribution in [0.15, 0.2) is 48.7 Å². The van der Waals surface area contributed by atoms with Gasteiger partial charge in [0.25, 0.3) is 0 Å². The molecule has 1 aromatic carbocycles. The van der Waals surface area contributed by atoms with Crippen LogP contribution in [0, 0.1) is 0 Å². The summed E-state index contributed by atoms with van der Waals surface area (Å²) in [5.41, 5.74) is 0.919. The molecular formula is C13H16N2OS. The van der Waals surface area contributed by atoms with Crippen molar-refractivity contribution in [1.82, 2.24) is 5.32 Å². The molecule has 0 aromatic heterocycles. The summed E-state index contributed by atoms with van der Waals surface area (Å²) >= 11 is 5.12. The monoisotopic (exact) mass is 248 g/mol. The molecule has 0 atom stereocenters. The van der Waals surface area contributed by atoms with E-state index in [1.54, 1.807) is 13.3 Å². The van der Waals surface area contributed by atoms with E-state index in [0.29, 0.717) is 5.11 Å². The minimum absolute atomic E-state index is 0.552. The van der Waals surface area contributed by atoms with E-state index in [1.807, 2.05) is 49.4 Å². The molecule has 0 bridgehead atoms. The van der Waals surface area contributed by atoms with Crippen LogP contribution in [0.2, 0.25) is 0 Å². The van der Waals surface area contributed by atoms with Gasteiger partial charge in [-0.25, -0.2) is 0 Å². The number of nitrogens with one attached hydrogen (secondary N) is 2. The Morgan fingerprint density at radius 3 is 2.53 bits per heavy atom. The van der Waals surface area contributed by atoms with Gasteiger partial charge in [0.1, 0.15) is 5.75 Å². The molecule has 17 heavy (non-hydrogen) atoms. The highest BCUT2D eigenvalue weighted by molar-refractivity contribution is 7.80. The van der Waals surface area contributed by atoms with Crippen LogP contribution in [0.1, 0.15) is 6.92 Å². The molecule has 0 amide bonds. The third-order valence-electron chi connectivity index (χ3n) is 1.96. The fourth-order valence-electron chi connectivity index (χ4n) is 1.13. The van der Waals surface area contributed by atoms with Crippen LogP contribution >= 0.6 is 12.2 Å². The lowest BCUT2D eigenvalue weighted by atomic mass is 10.3. The molecule has 1 aromatic rings. The predicted molar refractivity (Wildman–Crippen MR) is 76.3 cm³/mol. The third-order valence-corrected chi connectivity index (χ3v) is 2.18. The molecule has 0 heterocycles. The van der Waals surface area contributed by atoms with Crippen LogP contribution in [0.3, 0.4) is 0 Å². The number of benzene rings is 1.